The lowest BCUT2D eigenvalue weighted by atomic mass is 10.0. The molecule has 1 atom stereocenters. The van der Waals surface area contributed by atoms with Gasteiger partial charge in [-0.1, -0.05) is 29.8 Å². The van der Waals surface area contributed by atoms with Gasteiger partial charge in [-0.25, -0.2) is 4.39 Å². The van der Waals surface area contributed by atoms with E-state index in [2.05, 4.69) is 34.7 Å². The zero-order valence-electron chi connectivity index (χ0n) is 12.0. The number of nitrogens with two attached hydrogens (primary N) is 1. The number of benzene rings is 1. The fourth-order valence-corrected chi connectivity index (χ4v) is 4.22. The summed E-state index contributed by atoms with van der Waals surface area (Å²) in [7, 11) is 0. The summed E-state index contributed by atoms with van der Waals surface area (Å²) in [6, 6.07) is 4.92. The summed E-state index contributed by atoms with van der Waals surface area (Å²) >= 11 is 5.53. The third-order valence-electron chi connectivity index (χ3n) is 3.85. The molecule has 2 nitrogen and oxygen atoms in total. The van der Waals surface area contributed by atoms with Crippen LogP contribution in [0.15, 0.2) is 22.7 Å². The summed E-state index contributed by atoms with van der Waals surface area (Å²) in [4.78, 5) is 2.39. The Morgan fingerprint density at radius 1 is 1.45 bits per heavy atom. The maximum absolute atomic E-state index is 13.5. The largest absolute Gasteiger partial charge is 0.329 e. The number of hydrogen-bond donors (Lipinski definition) is 1. The highest BCUT2D eigenvalue weighted by Gasteiger charge is 2.28. The zero-order chi connectivity index (χ0) is 14.8. The van der Waals surface area contributed by atoms with Gasteiger partial charge in [-0.3, -0.25) is 4.90 Å². The highest BCUT2D eigenvalue weighted by atomic mass is 79.9. The van der Waals surface area contributed by atoms with E-state index >= 15 is 0 Å². The molecule has 1 aromatic carbocycles. The van der Waals surface area contributed by atoms with Crippen LogP contribution in [-0.2, 0) is 0 Å². The molecule has 0 aromatic heterocycles. The molecule has 0 radical (unpaired) electrons. The number of thioether (sulfide) groups is 1. The second-order valence-electron chi connectivity index (χ2n) is 5.81. The van der Waals surface area contributed by atoms with Crippen molar-refractivity contribution < 1.29 is 4.39 Å². The molecule has 1 fully saturated rings. The molecule has 1 aromatic rings. The SMILES string of the molecule is CC1(C)CCN(C(CN)c2cc(F)ccc2Br)CCS1. The summed E-state index contributed by atoms with van der Waals surface area (Å²) in [6.45, 7) is 7.09. The van der Waals surface area contributed by atoms with Gasteiger partial charge in [0.1, 0.15) is 5.82 Å². The maximum atomic E-state index is 13.5. The fraction of sp³-hybridized carbons (Fsp3) is 0.600. The molecule has 20 heavy (non-hydrogen) atoms. The smallest absolute Gasteiger partial charge is 0.123 e. The Morgan fingerprint density at radius 2 is 2.20 bits per heavy atom. The Balaban J connectivity index is 2.21. The third kappa shape index (κ3) is 3.97. The second-order valence-corrected chi connectivity index (χ2v) is 8.47. The van der Waals surface area contributed by atoms with E-state index in [0.717, 1.165) is 35.3 Å². The third-order valence-corrected chi connectivity index (χ3v) is 5.95. The normalized spacial score (nSPS) is 21.4. The van der Waals surface area contributed by atoms with Gasteiger partial charge < -0.3 is 5.73 Å². The molecule has 1 saturated heterocycles. The highest BCUT2D eigenvalue weighted by Crippen LogP contribution is 2.35. The molecule has 2 N–H and O–H groups in total. The zero-order valence-corrected chi connectivity index (χ0v) is 14.4. The standard InChI is InChI=1S/C15H22BrFN2S/c1-15(2)5-6-19(7-8-20-15)14(10-18)12-9-11(17)3-4-13(12)16/h3-4,9,14H,5-8,10,18H2,1-2H3. The van der Waals surface area contributed by atoms with Crippen LogP contribution in [0.5, 0.6) is 0 Å². The molecule has 0 bridgehead atoms. The van der Waals surface area contributed by atoms with Crippen LogP contribution in [0.1, 0.15) is 31.9 Å². The minimum absolute atomic E-state index is 0.0783. The lowest BCUT2D eigenvalue weighted by Crippen LogP contribution is -2.36. The van der Waals surface area contributed by atoms with E-state index in [4.69, 9.17) is 5.73 Å². The Labute approximate surface area is 133 Å². The van der Waals surface area contributed by atoms with Gasteiger partial charge in [0.05, 0.1) is 0 Å². The monoisotopic (exact) mass is 360 g/mol. The van der Waals surface area contributed by atoms with Gasteiger partial charge in [0, 0.05) is 40.6 Å². The molecule has 112 valence electrons. The van der Waals surface area contributed by atoms with Crippen LogP contribution in [0.2, 0.25) is 0 Å². The van der Waals surface area contributed by atoms with Crippen molar-refractivity contribution in [2.45, 2.75) is 31.1 Å². The average molecular weight is 361 g/mol. The lowest BCUT2D eigenvalue weighted by molar-refractivity contribution is 0.210. The van der Waals surface area contributed by atoms with Crippen molar-refractivity contribution in [1.29, 1.82) is 0 Å². The number of nitrogens with zero attached hydrogens (tertiary/aromatic N) is 1. The molecule has 2 rings (SSSR count). The summed E-state index contributed by atoms with van der Waals surface area (Å²) < 4.78 is 14.8. The molecule has 5 heteroatoms. The van der Waals surface area contributed by atoms with Gasteiger partial charge >= 0.3 is 0 Å². The summed E-state index contributed by atoms with van der Waals surface area (Å²) in [5.74, 6) is 0.891. The van der Waals surface area contributed by atoms with Crippen molar-refractivity contribution in [3.8, 4) is 0 Å². The minimum Gasteiger partial charge on any atom is -0.329 e. The van der Waals surface area contributed by atoms with Crippen molar-refractivity contribution in [2.75, 3.05) is 25.4 Å². The van der Waals surface area contributed by atoms with E-state index in [1.165, 1.54) is 6.07 Å². The van der Waals surface area contributed by atoms with Crippen molar-refractivity contribution in [1.82, 2.24) is 4.90 Å². The Hall–Kier alpha value is -0.100. The summed E-state index contributed by atoms with van der Waals surface area (Å²) in [5.41, 5.74) is 6.94. The van der Waals surface area contributed by atoms with Crippen LogP contribution in [0.3, 0.4) is 0 Å². The molecule has 1 aliphatic rings. The molecule has 0 spiro atoms. The molecule has 0 aliphatic carbocycles. The van der Waals surface area contributed by atoms with Crippen molar-refractivity contribution >= 4 is 27.7 Å². The van der Waals surface area contributed by atoms with Gasteiger partial charge in [0.15, 0.2) is 0 Å². The van der Waals surface area contributed by atoms with Crippen LogP contribution >= 0.6 is 27.7 Å². The first-order valence-electron chi connectivity index (χ1n) is 6.96. The quantitative estimate of drug-likeness (QED) is 0.888. The van der Waals surface area contributed by atoms with E-state index < -0.39 is 0 Å². The van der Waals surface area contributed by atoms with Crippen LogP contribution < -0.4 is 5.73 Å². The lowest BCUT2D eigenvalue weighted by Gasteiger charge is -2.31. The predicted molar refractivity (Wildman–Crippen MR) is 88.6 cm³/mol. The Bertz CT molecular complexity index is 467. The summed E-state index contributed by atoms with van der Waals surface area (Å²) in [6.07, 6.45) is 1.13. The van der Waals surface area contributed by atoms with Gasteiger partial charge in [0.2, 0.25) is 0 Å². The topological polar surface area (TPSA) is 29.3 Å². The van der Waals surface area contributed by atoms with Crippen molar-refractivity contribution in [2.24, 2.45) is 5.73 Å². The van der Waals surface area contributed by atoms with E-state index in [1.807, 2.05) is 11.8 Å². The summed E-state index contributed by atoms with van der Waals surface area (Å²) in [5, 5.41) is 0. The molecule has 0 saturated carbocycles. The van der Waals surface area contributed by atoms with E-state index in [9.17, 15) is 4.39 Å². The number of rotatable bonds is 3. The van der Waals surface area contributed by atoms with E-state index in [-0.39, 0.29) is 11.9 Å². The first kappa shape index (κ1) is 16.3. The predicted octanol–water partition coefficient (Wildman–Crippen LogP) is 3.81. The number of hydrogen-bond acceptors (Lipinski definition) is 3. The van der Waals surface area contributed by atoms with Gasteiger partial charge in [-0.05, 0) is 30.2 Å². The fourth-order valence-electron chi connectivity index (χ4n) is 2.59. The minimum atomic E-state index is -0.203. The first-order valence-corrected chi connectivity index (χ1v) is 8.74. The highest BCUT2D eigenvalue weighted by molar-refractivity contribution is 9.10. The van der Waals surface area contributed by atoms with Gasteiger partial charge in [0.25, 0.3) is 0 Å². The van der Waals surface area contributed by atoms with Gasteiger partial charge in [-0.15, -0.1) is 0 Å². The van der Waals surface area contributed by atoms with Crippen LogP contribution in [0, 0.1) is 5.82 Å². The van der Waals surface area contributed by atoms with E-state index in [1.54, 1.807) is 12.1 Å². The molecular weight excluding hydrogens is 339 g/mol. The maximum Gasteiger partial charge on any atom is 0.123 e. The molecular formula is C15H22BrFN2S. The van der Waals surface area contributed by atoms with Crippen molar-refractivity contribution in [3.63, 3.8) is 0 Å². The van der Waals surface area contributed by atoms with Crippen LogP contribution in [0.25, 0.3) is 0 Å². The molecule has 1 unspecified atom stereocenters. The Morgan fingerprint density at radius 3 is 2.90 bits per heavy atom. The van der Waals surface area contributed by atoms with Crippen molar-refractivity contribution in [3.05, 3.63) is 34.1 Å². The molecule has 1 aliphatic heterocycles. The molecule has 0 amide bonds. The van der Waals surface area contributed by atoms with E-state index in [0.29, 0.717) is 11.3 Å². The van der Waals surface area contributed by atoms with Crippen LogP contribution in [-0.4, -0.2) is 35.0 Å². The second kappa shape index (κ2) is 6.77. The van der Waals surface area contributed by atoms with Crippen LogP contribution in [0.4, 0.5) is 4.39 Å². The first-order chi connectivity index (χ1) is 9.43. The van der Waals surface area contributed by atoms with Gasteiger partial charge in [-0.2, -0.15) is 11.8 Å². The molecule has 1 heterocycles. The average Bonchev–Trinajstić information content (AvgIpc) is 2.56. The Kier molecular flexibility index (Phi) is 5.51. The number of halogens is 2.